The molecule has 7 nitrogen and oxygen atoms in total. The smallest absolute Gasteiger partial charge is 0.330 e. The molecule has 0 spiro atoms. The second kappa shape index (κ2) is 5.48. The van der Waals surface area contributed by atoms with Crippen LogP contribution in [0.3, 0.4) is 0 Å². The predicted molar refractivity (Wildman–Crippen MR) is 78.8 cm³/mol. The van der Waals surface area contributed by atoms with Crippen LogP contribution in [0.4, 0.5) is 0 Å². The van der Waals surface area contributed by atoms with Crippen LogP contribution in [0, 0.1) is 0 Å². The van der Waals surface area contributed by atoms with Gasteiger partial charge < -0.3 is 15.2 Å². The molecule has 1 heterocycles. The highest BCUT2D eigenvalue weighted by molar-refractivity contribution is 5.86. The molecule has 0 saturated heterocycles. The molecule has 0 aliphatic heterocycles. The summed E-state index contributed by atoms with van der Waals surface area (Å²) in [6, 6.07) is 0. The summed E-state index contributed by atoms with van der Waals surface area (Å²) in [6.45, 7) is 0.151. The first-order chi connectivity index (χ1) is 9.76. The molecule has 1 saturated carbocycles. The maximum atomic E-state index is 12.4. The summed E-state index contributed by atoms with van der Waals surface area (Å²) in [5.41, 5.74) is 4.98. The summed E-state index contributed by atoms with van der Waals surface area (Å²) in [4.78, 5) is 37.6. The molecule has 1 amide bonds. The third-order valence-corrected chi connectivity index (χ3v) is 4.19. The minimum atomic E-state index is -0.805. The Morgan fingerprint density at radius 3 is 2.48 bits per heavy atom. The zero-order valence-electron chi connectivity index (χ0n) is 12.8. The molecule has 0 radical (unpaired) electrons. The first-order valence-electron chi connectivity index (χ1n) is 7.06. The number of carbonyl (C=O) groups is 1. The molecule has 0 atom stereocenters. The zero-order valence-corrected chi connectivity index (χ0v) is 12.8. The number of nitrogens with two attached hydrogens (primary N) is 1. The Kier molecular flexibility index (Phi) is 4.04. The third kappa shape index (κ3) is 2.78. The number of rotatable bonds is 3. The maximum Gasteiger partial charge on any atom is 0.330 e. The summed E-state index contributed by atoms with van der Waals surface area (Å²) in [7, 11) is 4.64. The Morgan fingerprint density at radius 1 is 1.33 bits per heavy atom. The Balaban J connectivity index is 2.24. The zero-order chi connectivity index (χ0) is 15.8. The lowest BCUT2D eigenvalue weighted by Gasteiger charge is -2.28. The monoisotopic (exact) mass is 294 g/mol. The topological polar surface area (TPSA) is 90.3 Å². The van der Waals surface area contributed by atoms with Gasteiger partial charge in [-0.05, 0) is 12.8 Å². The van der Waals surface area contributed by atoms with E-state index >= 15 is 0 Å². The molecular formula is C14H22N4O3. The van der Waals surface area contributed by atoms with Crippen LogP contribution >= 0.6 is 0 Å². The van der Waals surface area contributed by atoms with E-state index in [-0.39, 0.29) is 23.7 Å². The largest absolute Gasteiger partial charge is 0.340 e. The second-order valence-electron chi connectivity index (χ2n) is 5.94. The first kappa shape index (κ1) is 15.5. The fraction of sp³-hybridized carbons (Fsp3) is 0.643. The number of carbonyl (C=O) groups excluding carboxylic acids is 1. The molecule has 1 fully saturated rings. The van der Waals surface area contributed by atoms with Gasteiger partial charge in [-0.1, -0.05) is 12.8 Å². The van der Waals surface area contributed by atoms with Gasteiger partial charge in [0.1, 0.15) is 0 Å². The molecule has 116 valence electrons. The van der Waals surface area contributed by atoms with Crippen LogP contribution < -0.4 is 17.0 Å². The molecule has 1 aromatic heterocycles. The van der Waals surface area contributed by atoms with Gasteiger partial charge in [-0.3, -0.25) is 14.2 Å². The minimum absolute atomic E-state index is 0.143. The van der Waals surface area contributed by atoms with Gasteiger partial charge in [0, 0.05) is 27.3 Å². The van der Waals surface area contributed by atoms with Gasteiger partial charge in [0.2, 0.25) is 5.91 Å². The molecule has 1 aliphatic rings. The quantitative estimate of drug-likeness (QED) is 0.799. The summed E-state index contributed by atoms with van der Waals surface area (Å²) in [5.74, 6) is -0.143. The summed E-state index contributed by atoms with van der Waals surface area (Å²) < 4.78 is 2.38. The van der Waals surface area contributed by atoms with Crippen molar-refractivity contribution in [3.63, 3.8) is 0 Å². The van der Waals surface area contributed by atoms with E-state index in [2.05, 4.69) is 0 Å². The van der Waals surface area contributed by atoms with E-state index in [9.17, 15) is 14.4 Å². The summed E-state index contributed by atoms with van der Waals surface area (Å²) >= 11 is 0. The van der Waals surface area contributed by atoms with Crippen LogP contribution in [0.1, 0.15) is 31.2 Å². The van der Waals surface area contributed by atoms with E-state index in [0.29, 0.717) is 18.4 Å². The van der Waals surface area contributed by atoms with Crippen molar-refractivity contribution in [1.82, 2.24) is 14.0 Å². The molecule has 0 aromatic carbocycles. The maximum absolute atomic E-state index is 12.4. The van der Waals surface area contributed by atoms with E-state index in [4.69, 9.17) is 5.73 Å². The van der Waals surface area contributed by atoms with Crippen LogP contribution in [-0.2, 0) is 25.4 Å². The summed E-state index contributed by atoms with van der Waals surface area (Å²) in [5, 5.41) is 0. The average molecular weight is 294 g/mol. The highest BCUT2D eigenvalue weighted by Crippen LogP contribution is 2.28. The van der Waals surface area contributed by atoms with Crippen molar-refractivity contribution in [3.05, 3.63) is 32.6 Å². The first-order valence-corrected chi connectivity index (χ1v) is 7.06. The standard InChI is InChI=1S/C14H22N4O3/c1-16(12(20)14(15)6-4-5-7-14)8-10-9-17(2)13(21)18(3)11(10)19/h9H,4-8,15H2,1-3H3. The number of aryl methyl sites for hydroxylation is 1. The van der Waals surface area contributed by atoms with Crippen LogP contribution in [-0.4, -0.2) is 32.5 Å². The number of hydrogen-bond donors (Lipinski definition) is 1. The van der Waals surface area contributed by atoms with Gasteiger partial charge in [-0.15, -0.1) is 0 Å². The Bertz CT molecular complexity index is 668. The fourth-order valence-corrected chi connectivity index (χ4v) is 2.92. The van der Waals surface area contributed by atoms with E-state index in [1.165, 1.54) is 22.7 Å². The lowest BCUT2D eigenvalue weighted by molar-refractivity contribution is -0.136. The van der Waals surface area contributed by atoms with Crippen molar-refractivity contribution in [2.24, 2.45) is 19.8 Å². The van der Waals surface area contributed by atoms with Crippen LogP contribution in [0.2, 0.25) is 0 Å². The van der Waals surface area contributed by atoms with Crippen molar-refractivity contribution in [1.29, 1.82) is 0 Å². The van der Waals surface area contributed by atoms with Crippen molar-refractivity contribution < 1.29 is 4.79 Å². The predicted octanol–water partition coefficient (Wildman–Crippen LogP) is -0.686. The molecular weight excluding hydrogens is 272 g/mol. The number of hydrogen-bond acceptors (Lipinski definition) is 4. The van der Waals surface area contributed by atoms with Crippen molar-refractivity contribution in [2.75, 3.05) is 7.05 Å². The molecule has 0 bridgehead atoms. The third-order valence-electron chi connectivity index (χ3n) is 4.19. The van der Waals surface area contributed by atoms with Gasteiger partial charge in [0.25, 0.3) is 5.56 Å². The van der Waals surface area contributed by atoms with Crippen molar-refractivity contribution in [3.8, 4) is 0 Å². The molecule has 0 unspecified atom stereocenters. The van der Waals surface area contributed by atoms with E-state index in [1.807, 2.05) is 0 Å². The lowest BCUT2D eigenvalue weighted by atomic mass is 9.97. The molecule has 2 N–H and O–H groups in total. The number of nitrogens with zero attached hydrogens (tertiary/aromatic N) is 3. The van der Waals surface area contributed by atoms with E-state index in [0.717, 1.165) is 17.4 Å². The average Bonchev–Trinajstić information content (AvgIpc) is 2.89. The van der Waals surface area contributed by atoms with Gasteiger partial charge in [-0.25, -0.2) is 4.79 Å². The SMILES string of the molecule is CN(Cc1cn(C)c(=O)n(C)c1=O)C(=O)C1(N)CCCC1. The Morgan fingerprint density at radius 2 is 1.90 bits per heavy atom. The molecule has 2 rings (SSSR count). The van der Waals surface area contributed by atoms with E-state index < -0.39 is 5.54 Å². The Hall–Kier alpha value is -1.89. The van der Waals surface area contributed by atoms with Crippen LogP contribution in [0.5, 0.6) is 0 Å². The van der Waals surface area contributed by atoms with Gasteiger partial charge in [-0.2, -0.15) is 0 Å². The second-order valence-corrected chi connectivity index (χ2v) is 5.94. The van der Waals surface area contributed by atoms with E-state index in [1.54, 1.807) is 14.1 Å². The van der Waals surface area contributed by atoms with Crippen molar-refractivity contribution in [2.45, 2.75) is 37.8 Å². The highest BCUT2D eigenvalue weighted by atomic mass is 16.2. The van der Waals surface area contributed by atoms with Crippen LogP contribution in [0.15, 0.2) is 15.8 Å². The van der Waals surface area contributed by atoms with Gasteiger partial charge >= 0.3 is 5.69 Å². The molecule has 1 aromatic rings. The highest BCUT2D eigenvalue weighted by Gasteiger charge is 2.38. The molecule has 1 aliphatic carbocycles. The van der Waals surface area contributed by atoms with Gasteiger partial charge in [0.15, 0.2) is 0 Å². The number of aromatic nitrogens is 2. The van der Waals surface area contributed by atoms with Gasteiger partial charge in [0.05, 0.1) is 17.6 Å². The summed E-state index contributed by atoms with van der Waals surface area (Å²) in [6.07, 6.45) is 4.75. The van der Waals surface area contributed by atoms with Crippen LogP contribution in [0.25, 0.3) is 0 Å². The number of likely N-dealkylation sites (N-methyl/N-ethyl adjacent to an activating group) is 1. The number of amides is 1. The normalized spacial score (nSPS) is 17.0. The molecule has 21 heavy (non-hydrogen) atoms. The Labute approximate surface area is 123 Å². The van der Waals surface area contributed by atoms with Crippen molar-refractivity contribution >= 4 is 5.91 Å². The minimum Gasteiger partial charge on any atom is -0.340 e. The molecule has 7 heteroatoms. The fourth-order valence-electron chi connectivity index (χ4n) is 2.92. The lowest BCUT2D eigenvalue weighted by Crippen LogP contribution is -2.52.